The molecule has 2 heterocycles. The van der Waals surface area contributed by atoms with Crippen LogP contribution in [-0.4, -0.2) is 32.1 Å². The molecule has 14 heavy (non-hydrogen) atoms. The fourth-order valence-corrected chi connectivity index (χ4v) is 1.25. The van der Waals surface area contributed by atoms with Crippen molar-refractivity contribution in [2.75, 3.05) is 7.05 Å². The molecule has 2 rings (SSSR count). The number of nitrogens with zero attached hydrogens (tertiary/aromatic N) is 6. The molecule has 0 N–H and O–H groups in total. The van der Waals surface area contributed by atoms with Crippen molar-refractivity contribution in [3.8, 4) is 0 Å². The van der Waals surface area contributed by atoms with Crippen molar-refractivity contribution in [1.29, 1.82) is 0 Å². The Balaban J connectivity index is 2.00. The first-order valence-electron chi connectivity index (χ1n) is 4.42. The van der Waals surface area contributed by atoms with Crippen LogP contribution in [0.4, 0.5) is 0 Å². The first kappa shape index (κ1) is 9.01. The number of allylic oxidation sites excluding steroid dienone is 1. The van der Waals surface area contributed by atoms with E-state index in [1.165, 1.54) is 0 Å². The molecule has 0 spiro atoms. The molecular weight excluding hydrogens is 180 g/mol. The highest BCUT2D eigenvalue weighted by Crippen LogP contribution is 2.20. The Kier molecular flexibility index (Phi) is 2.12. The second-order valence-corrected chi connectivity index (χ2v) is 3.36. The molecule has 0 bridgehead atoms. The summed E-state index contributed by atoms with van der Waals surface area (Å²) in [6.45, 7) is 4.52. The summed E-state index contributed by atoms with van der Waals surface area (Å²) in [4.78, 5) is 0. The van der Waals surface area contributed by atoms with Gasteiger partial charge in [-0.25, -0.2) is 4.68 Å². The Morgan fingerprint density at radius 3 is 2.71 bits per heavy atom. The quantitative estimate of drug-likeness (QED) is 0.699. The number of rotatable bonds is 2. The van der Waals surface area contributed by atoms with Gasteiger partial charge in [-0.15, -0.1) is 5.10 Å². The van der Waals surface area contributed by atoms with Crippen LogP contribution in [0.25, 0.3) is 5.53 Å². The second kappa shape index (κ2) is 3.30. The van der Waals surface area contributed by atoms with Gasteiger partial charge in [0.2, 0.25) is 0 Å². The average Bonchev–Trinajstić information content (AvgIpc) is 2.62. The zero-order chi connectivity index (χ0) is 10.1. The standard InChI is InChI=1S/C8H13N6/c1-7-4-13(10-9-7)6-14-5-8(2)12(3)11-14/h4-5H,6H2,1-3H3/q-1. The molecule has 6 nitrogen and oxygen atoms in total. The van der Waals surface area contributed by atoms with Gasteiger partial charge < -0.3 is 15.6 Å². The maximum Gasteiger partial charge on any atom is 0.0984 e. The Hall–Kier alpha value is -1.56. The van der Waals surface area contributed by atoms with Crippen molar-refractivity contribution in [3.63, 3.8) is 0 Å². The highest BCUT2D eigenvalue weighted by molar-refractivity contribution is 5.07. The van der Waals surface area contributed by atoms with Crippen molar-refractivity contribution >= 4 is 0 Å². The van der Waals surface area contributed by atoms with E-state index in [-0.39, 0.29) is 0 Å². The minimum absolute atomic E-state index is 0.600. The molecule has 1 aliphatic rings. The van der Waals surface area contributed by atoms with Crippen molar-refractivity contribution in [1.82, 2.24) is 25.0 Å². The maximum atomic E-state index is 4.26. The van der Waals surface area contributed by atoms with Gasteiger partial charge in [0.15, 0.2) is 0 Å². The second-order valence-electron chi connectivity index (χ2n) is 3.36. The van der Waals surface area contributed by atoms with E-state index in [2.05, 4.69) is 15.8 Å². The highest BCUT2D eigenvalue weighted by atomic mass is 15.8. The Morgan fingerprint density at radius 1 is 1.43 bits per heavy atom. The Bertz CT molecular complexity index is 354. The molecular formula is C8H13N6-. The highest BCUT2D eigenvalue weighted by Gasteiger charge is 2.03. The van der Waals surface area contributed by atoms with E-state index in [0.717, 1.165) is 11.4 Å². The molecule has 0 saturated heterocycles. The van der Waals surface area contributed by atoms with Crippen LogP contribution in [0.2, 0.25) is 0 Å². The molecule has 0 amide bonds. The molecule has 1 aromatic heterocycles. The molecule has 1 aliphatic heterocycles. The molecule has 0 atom stereocenters. The van der Waals surface area contributed by atoms with Gasteiger partial charge in [0, 0.05) is 11.9 Å². The SMILES string of the molecule is CC1=CN(Cn2cc(C)nn2)[N-]N1C. The lowest BCUT2D eigenvalue weighted by Crippen LogP contribution is -2.17. The van der Waals surface area contributed by atoms with Crippen molar-refractivity contribution < 1.29 is 0 Å². The summed E-state index contributed by atoms with van der Waals surface area (Å²) in [7, 11) is 1.92. The molecule has 6 heteroatoms. The lowest BCUT2D eigenvalue weighted by molar-refractivity contribution is 0.309. The fraction of sp³-hybridized carbons (Fsp3) is 0.500. The third kappa shape index (κ3) is 1.69. The monoisotopic (exact) mass is 193 g/mol. The van der Waals surface area contributed by atoms with E-state index in [4.69, 9.17) is 0 Å². The first-order chi connectivity index (χ1) is 6.65. The van der Waals surface area contributed by atoms with Gasteiger partial charge in [0.1, 0.15) is 0 Å². The van der Waals surface area contributed by atoms with Crippen LogP contribution in [0, 0.1) is 6.92 Å². The van der Waals surface area contributed by atoms with Crippen LogP contribution in [-0.2, 0) is 6.67 Å². The van der Waals surface area contributed by atoms with Crippen LogP contribution in [0.1, 0.15) is 12.6 Å². The molecule has 76 valence electrons. The van der Waals surface area contributed by atoms with Gasteiger partial charge in [0.05, 0.1) is 18.6 Å². The number of aryl methyl sites for hydroxylation is 1. The van der Waals surface area contributed by atoms with E-state index >= 15 is 0 Å². The number of aromatic nitrogens is 3. The Labute approximate surface area is 82.7 Å². The van der Waals surface area contributed by atoms with Gasteiger partial charge in [-0.3, -0.25) is 0 Å². The molecule has 0 aliphatic carbocycles. The average molecular weight is 193 g/mol. The summed E-state index contributed by atoms with van der Waals surface area (Å²) < 4.78 is 1.75. The molecule has 0 unspecified atom stereocenters. The molecule has 0 saturated carbocycles. The van der Waals surface area contributed by atoms with Crippen molar-refractivity contribution in [3.05, 3.63) is 29.3 Å². The van der Waals surface area contributed by atoms with Crippen LogP contribution in [0.3, 0.4) is 0 Å². The number of hydrogen-bond donors (Lipinski definition) is 0. The minimum atomic E-state index is 0.600. The normalized spacial score (nSPS) is 16.4. The van der Waals surface area contributed by atoms with Crippen LogP contribution in [0.5, 0.6) is 0 Å². The van der Waals surface area contributed by atoms with Crippen LogP contribution in [0.15, 0.2) is 18.1 Å². The topological polar surface area (TPSA) is 51.3 Å². The predicted octanol–water partition coefficient (Wildman–Crippen LogP) is 0.856. The summed E-state index contributed by atoms with van der Waals surface area (Å²) in [5.41, 5.74) is 6.29. The van der Waals surface area contributed by atoms with Crippen LogP contribution < -0.4 is 0 Å². The predicted molar refractivity (Wildman–Crippen MR) is 51.5 cm³/mol. The maximum absolute atomic E-state index is 4.26. The van der Waals surface area contributed by atoms with Gasteiger partial charge >= 0.3 is 0 Å². The van der Waals surface area contributed by atoms with E-state index in [0.29, 0.717) is 6.67 Å². The van der Waals surface area contributed by atoms with Gasteiger partial charge in [-0.2, -0.15) is 0 Å². The largest absolute Gasteiger partial charge is 0.474 e. The third-order valence-corrected chi connectivity index (χ3v) is 2.04. The lowest BCUT2D eigenvalue weighted by Gasteiger charge is -2.36. The minimum Gasteiger partial charge on any atom is -0.474 e. The van der Waals surface area contributed by atoms with Gasteiger partial charge in [0.25, 0.3) is 0 Å². The van der Waals surface area contributed by atoms with Gasteiger partial charge in [-0.1, -0.05) is 5.21 Å². The zero-order valence-corrected chi connectivity index (χ0v) is 8.55. The van der Waals surface area contributed by atoms with Gasteiger partial charge in [-0.05, 0) is 20.9 Å². The molecule has 1 aromatic rings. The Morgan fingerprint density at radius 2 is 2.21 bits per heavy atom. The summed E-state index contributed by atoms with van der Waals surface area (Å²) in [5.74, 6) is 0. The lowest BCUT2D eigenvalue weighted by atomic mass is 10.5. The van der Waals surface area contributed by atoms with E-state index in [9.17, 15) is 0 Å². The van der Waals surface area contributed by atoms with E-state index < -0.39 is 0 Å². The van der Waals surface area contributed by atoms with E-state index in [1.54, 1.807) is 4.68 Å². The van der Waals surface area contributed by atoms with Crippen molar-refractivity contribution in [2.45, 2.75) is 20.5 Å². The fourth-order valence-electron chi connectivity index (χ4n) is 1.25. The summed E-state index contributed by atoms with van der Waals surface area (Å²) >= 11 is 0. The van der Waals surface area contributed by atoms with Crippen LogP contribution >= 0.6 is 0 Å². The molecule has 0 fully saturated rings. The number of hydrogen-bond acceptors (Lipinski definition) is 4. The van der Waals surface area contributed by atoms with Crippen molar-refractivity contribution in [2.24, 2.45) is 0 Å². The summed E-state index contributed by atoms with van der Waals surface area (Å²) in [6.07, 6.45) is 3.86. The molecule has 0 aromatic carbocycles. The zero-order valence-electron chi connectivity index (χ0n) is 8.55. The first-order valence-corrected chi connectivity index (χ1v) is 4.42. The summed E-state index contributed by atoms with van der Waals surface area (Å²) in [5, 5.41) is 11.5. The third-order valence-electron chi connectivity index (χ3n) is 2.04. The smallest absolute Gasteiger partial charge is 0.0984 e. The van der Waals surface area contributed by atoms with E-state index in [1.807, 2.05) is 43.3 Å². The molecule has 0 radical (unpaired) electrons. The summed E-state index contributed by atoms with van der Waals surface area (Å²) in [6, 6.07) is 0.